The lowest BCUT2D eigenvalue weighted by Gasteiger charge is -2.02. The number of carbonyl (C=O) groups is 1. The summed E-state index contributed by atoms with van der Waals surface area (Å²) in [6, 6.07) is 7.52. The van der Waals surface area contributed by atoms with Crippen molar-refractivity contribution < 1.29 is 14.6 Å². The monoisotopic (exact) mass is 256 g/mol. The van der Waals surface area contributed by atoms with Crippen LogP contribution < -0.4 is 4.74 Å². The van der Waals surface area contributed by atoms with Crippen LogP contribution in [0.1, 0.15) is 10.5 Å². The molecule has 96 valence electrons. The molecule has 0 spiro atoms. The van der Waals surface area contributed by atoms with E-state index in [9.17, 15) is 9.90 Å². The zero-order valence-electron chi connectivity index (χ0n) is 10.5. The van der Waals surface area contributed by atoms with E-state index in [-0.39, 0.29) is 5.69 Å². The number of hydrogen-bond acceptors (Lipinski definition) is 3. The number of rotatable bonds is 2. The Morgan fingerprint density at radius 2 is 2.11 bits per heavy atom. The highest BCUT2D eigenvalue weighted by Gasteiger charge is 2.17. The summed E-state index contributed by atoms with van der Waals surface area (Å²) >= 11 is 0. The van der Waals surface area contributed by atoms with Crippen LogP contribution in [0.4, 0.5) is 0 Å². The van der Waals surface area contributed by atoms with Crippen LogP contribution in [0.3, 0.4) is 0 Å². The summed E-state index contributed by atoms with van der Waals surface area (Å²) in [6.07, 6.45) is 1.52. The minimum absolute atomic E-state index is 0.0650. The SMILES string of the molecule is COc1ccc2c3ccnc(C(=O)O)c3n(C)c2c1. The molecule has 5 nitrogen and oxygen atoms in total. The third-order valence-electron chi connectivity index (χ3n) is 3.32. The van der Waals surface area contributed by atoms with Crippen molar-refractivity contribution in [1.82, 2.24) is 9.55 Å². The van der Waals surface area contributed by atoms with Crippen molar-refractivity contribution >= 4 is 27.8 Å². The smallest absolute Gasteiger partial charge is 0.356 e. The van der Waals surface area contributed by atoms with Gasteiger partial charge >= 0.3 is 5.97 Å². The van der Waals surface area contributed by atoms with E-state index in [1.54, 1.807) is 7.11 Å². The standard InChI is InChI=1S/C14H12N2O3/c1-16-11-7-8(19-2)3-4-9(11)10-5-6-15-12(13(10)16)14(17)18/h3-7H,1-2H3,(H,17,18). The fourth-order valence-electron chi connectivity index (χ4n) is 2.43. The molecule has 0 unspecified atom stereocenters. The summed E-state index contributed by atoms with van der Waals surface area (Å²) in [4.78, 5) is 15.2. The van der Waals surface area contributed by atoms with E-state index in [1.807, 2.05) is 35.9 Å². The normalized spacial score (nSPS) is 11.1. The van der Waals surface area contributed by atoms with Crippen molar-refractivity contribution in [3.05, 3.63) is 36.2 Å². The lowest BCUT2D eigenvalue weighted by Crippen LogP contribution is -2.03. The molecule has 1 N–H and O–H groups in total. The Kier molecular flexibility index (Phi) is 2.41. The minimum atomic E-state index is -1.02. The average Bonchev–Trinajstić information content (AvgIpc) is 2.72. The van der Waals surface area contributed by atoms with Gasteiger partial charge in [-0.1, -0.05) is 0 Å². The van der Waals surface area contributed by atoms with E-state index >= 15 is 0 Å². The van der Waals surface area contributed by atoms with Crippen LogP contribution in [0.25, 0.3) is 21.8 Å². The van der Waals surface area contributed by atoms with Crippen LogP contribution >= 0.6 is 0 Å². The first-order valence-electron chi connectivity index (χ1n) is 5.78. The summed E-state index contributed by atoms with van der Waals surface area (Å²) in [7, 11) is 3.44. The Balaban J connectivity index is 2.51. The second-order valence-corrected chi connectivity index (χ2v) is 4.30. The van der Waals surface area contributed by atoms with E-state index in [0.29, 0.717) is 5.52 Å². The highest BCUT2D eigenvalue weighted by Crippen LogP contribution is 2.31. The molecule has 0 amide bonds. The molecule has 0 aliphatic rings. The molecule has 2 aromatic heterocycles. The van der Waals surface area contributed by atoms with Crippen LogP contribution in [0.5, 0.6) is 5.75 Å². The van der Waals surface area contributed by atoms with Gasteiger partial charge in [0.25, 0.3) is 0 Å². The molecule has 3 aromatic rings. The summed E-state index contributed by atoms with van der Waals surface area (Å²) in [5.41, 5.74) is 1.61. The van der Waals surface area contributed by atoms with Gasteiger partial charge in [0.15, 0.2) is 5.69 Å². The average molecular weight is 256 g/mol. The molecule has 0 bridgehead atoms. The van der Waals surface area contributed by atoms with Crippen LogP contribution in [0, 0.1) is 0 Å². The molecule has 19 heavy (non-hydrogen) atoms. The Morgan fingerprint density at radius 1 is 1.32 bits per heavy atom. The van der Waals surface area contributed by atoms with E-state index in [2.05, 4.69) is 4.98 Å². The summed E-state index contributed by atoms with van der Waals surface area (Å²) in [6.45, 7) is 0. The quantitative estimate of drug-likeness (QED) is 0.764. The zero-order valence-corrected chi connectivity index (χ0v) is 10.5. The molecule has 0 aliphatic carbocycles. The Labute approximate surface area is 109 Å². The number of hydrogen-bond donors (Lipinski definition) is 1. The lowest BCUT2D eigenvalue weighted by molar-refractivity contribution is 0.0692. The Hall–Kier alpha value is -2.56. The van der Waals surface area contributed by atoms with Gasteiger partial charge in [-0.05, 0) is 18.2 Å². The van der Waals surface area contributed by atoms with Crippen molar-refractivity contribution in [2.45, 2.75) is 0 Å². The highest BCUT2D eigenvalue weighted by atomic mass is 16.5. The number of pyridine rings is 1. The lowest BCUT2D eigenvalue weighted by atomic mass is 10.1. The molecule has 3 rings (SSSR count). The van der Waals surface area contributed by atoms with Gasteiger partial charge in [0, 0.05) is 30.1 Å². The molecule has 0 atom stereocenters. The fraction of sp³-hybridized carbons (Fsp3) is 0.143. The molecular weight excluding hydrogens is 244 g/mol. The number of carboxylic acid groups (broad SMARTS) is 1. The molecule has 2 heterocycles. The number of methoxy groups -OCH3 is 1. The Bertz CT molecular complexity index is 805. The topological polar surface area (TPSA) is 64.3 Å². The molecule has 1 aromatic carbocycles. The third-order valence-corrected chi connectivity index (χ3v) is 3.32. The van der Waals surface area contributed by atoms with Crippen molar-refractivity contribution in [1.29, 1.82) is 0 Å². The number of ether oxygens (including phenoxy) is 1. The number of aryl methyl sites for hydroxylation is 1. The first kappa shape index (κ1) is 11.5. The van der Waals surface area contributed by atoms with Crippen LogP contribution in [0.15, 0.2) is 30.5 Å². The summed E-state index contributed by atoms with van der Waals surface area (Å²) < 4.78 is 7.04. The van der Waals surface area contributed by atoms with E-state index in [4.69, 9.17) is 4.74 Å². The van der Waals surface area contributed by atoms with Crippen molar-refractivity contribution in [2.75, 3.05) is 7.11 Å². The maximum atomic E-state index is 11.3. The molecule has 0 aliphatic heterocycles. The largest absolute Gasteiger partial charge is 0.497 e. The second kappa shape index (κ2) is 3.98. The van der Waals surface area contributed by atoms with Gasteiger partial charge in [-0.15, -0.1) is 0 Å². The van der Waals surface area contributed by atoms with Crippen LogP contribution in [-0.4, -0.2) is 27.7 Å². The minimum Gasteiger partial charge on any atom is -0.497 e. The van der Waals surface area contributed by atoms with Crippen molar-refractivity contribution in [2.24, 2.45) is 7.05 Å². The van der Waals surface area contributed by atoms with E-state index < -0.39 is 5.97 Å². The first-order valence-corrected chi connectivity index (χ1v) is 5.78. The van der Waals surface area contributed by atoms with E-state index in [0.717, 1.165) is 22.0 Å². The number of aromatic nitrogens is 2. The third kappa shape index (κ3) is 1.55. The maximum absolute atomic E-state index is 11.3. The maximum Gasteiger partial charge on any atom is 0.356 e. The first-order chi connectivity index (χ1) is 9.13. The van der Waals surface area contributed by atoms with Gasteiger partial charge < -0.3 is 14.4 Å². The van der Waals surface area contributed by atoms with Crippen molar-refractivity contribution in [3.8, 4) is 5.75 Å². The number of nitrogens with zero attached hydrogens (tertiary/aromatic N) is 2. The zero-order chi connectivity index (χ0) is 13.6. The molecular formula is C14H12N2O3. The number of aromatic carboxylic acids is 1. The second-order valence-electron chi connectivity index (χ2n) is 4.30. The number of benzene rings is 1. The fourth-order valence-corrected chi connectivity index (χ4v) is 2.43. The van der Waals surface area contributed by atoms with Crippen LogP contribution in [-0.2, 0) is 7.05 Å². The molecule has 0 radical (unpaired) electrons. The molecule has 0 saturated carbocycles. The van der Waals surface area contributed by atoms with Gasteiger partial charge in [0.2, 0.25) is 0 Å². The number of fused-ring (bicyclic) bond motifs is 3. The highest BCUT2D eigenvalue weighted by molar-refractivity contribution is 6.13. The summed E-state index contributed by atoms with van der Waals surface area (Å²) in [5, 5.41) is 11.1. The molecule has 0 fully saturated rings. The van der Waals surface area contributed by atoms with Crippen molar-refractivity contribution in [3.63, 3.8) is 0 Å². The number of carboxylic acids is 1. The Morgan fingerprint density at radius 3 is 2.79 bits per heavy atom. The predicted molar refractivity (Wildman–Crippen MR) is 71.7 cm³/mol. The van der Waals surface area contributed by atoms with Gasteiger partial charge in [-0.2, -0.15) is 0 Å². The molecule has 0 saturated heterocycles. The van der Waals surface area contributed by atoms with Gasteiger partial charge in [-0.25, -0.2) is 9.78 Å². The van der Waals surface area contributed by atoms with E-state index in [1.165, 1.54) is 6.20 Å². The summed E-state index contributed by atoms with van der Waals surface area (Å²) in [5.74, 6) is -0.285. The van der Waals surface area contributed by atoms with Gasteiger partial charge in [0.1, 0.15) is 5.75 Å². The van der Waals surface area contributed by atoms with Gasteiger partial charge in [0.05, 0.1) is 18.1 Å². The van der Waals surface area contributed by atoms with Crippen LogP contribution in [0.2, 0.25) is 0 Å². The molecule has 5 heteroatoms. The predicted octanol–water partition coefficient (Wildman–Crippen LogP) is 2.43. The van der Waals surface area contributed by atoms with Gasteiger partial charge in [-0.3, -0.25) is 0 Å².